The number of nitrogen functional groups attached to an aromatic ring is 1. The van der Waals surface area contributed by atoms with E-state index in [0.29, 0.717) is 29.1 Å². The van der Waals surface area contributed by atoms with Crippen molar-refractivity contribution in [2.45, 2.75) is 13.0 Å². The zero-order valence-electron chi connectivity index (χ0n) is 10.4. The molecule has 1 heterocycles. The van der Waals surface area contributed by atoms with Crippen molar-refractivity contribution in [3.05, 3.63) is 50.3 Å². The van der Waals surface area contributed by atoms with Crippen LogP contribution in [-0.2, 0) is 17.8 Å². The summed E-state index contributed by atoms with van der Waals surface area (Å²) in [6.07, 6.45) is 0.633. The van der Waals surface area contributed by atoms with E-state index in [1.54, 1.807) is 7.11 Å². The first kappa shape index (κ1) is 14.4. The molecule has 6 heteroatoms. The van der Waals surface area contributed by atoms with E-state index in [2.05, 4.69) is 41.8 Å². The van der Waals surface area contributed by atoms with E-state index in [4.69, 9.17) is 10.5 Å². The highest BCUT2D eigenvalue weighted by Gasteiger charge is 2.10. The van der Waals surface area contributed by atoms with Crippen LogP contribution in [0.4, 0.5) is 5.82 Å². The summed E-state index contributed by atoms with van der Waals surface area (Å²) in [5, 5.41) is 0. The molecule has 0 amide bonds. The monoisotopic (exact) mass is 385 g/mol. The number of halogens is 2. The van der Waals surface area contributed by atoms with Gasteiger partial charge in [-0.25, -0.2) is 9.97 Å². The number of nitrogens with zero attached hydrogens (tertiary/aromatic N) is 2. The molecule has 0 saturated carbocycles. The van der Waals surface area contributed by atoms with Gasteiger partial charge in [-0.15, -0.1) is 0 Å². The van der Waals surface area contributed by atoms with Gasteiger partial charge in [0.05, 0.1) is 16.8 Å². The molecule has 0 saturated heterocycles. The molecule has 19 heavy (non-hydrogen) atoms. The van der Waals surface area contributed by atoms with Crippen LogP contribution in [0.25, 0.3) is 0 Å². The van der Waals surface area contributed by atoms with Gasteiger partial charge in [-0.2, -0.15) is 0 Å². The molecule has 2 aromatic rings. The van der Waals surface area contributed by atoms with Crippen LogP contribution < -0.4 is 5.73 Å². The quantitative estimate of drug-likeness (QED) is 0.875. The maximum atomic E-state index is 5.87. The lowest BCUT2D eigenvalue weighted by Crippen LogP contribution is -2.06. The van der Waals surface area contributed by atoms with Gasteiger partial charge >= 0.3 is 0 Å². The number of ether oxygens (including phenoxy) is 1. The van der Waals surface area contributed by atoms with Crippen LogP contribution in [0.15, 0.2) is 33.2 Å². The lowest BCUT2D eigenvalue weighted by Gasteiger charge is -2.08. The van der Waals surface area contributed by atoms with Crippen molar-refractivity contribution < 1.29 is 4.74 Å². The lowest BCUT2D eigenvalue weighted by molar-refractivity contribution is 0.180. The first-order valence-corrected chi connectivity index (χ1v) is 7.23. The Balaban J connectivity index is 2.30. The zero-order chi connectivity index (χ0) is 13.8. The number of rotatable bonds is 4. The Morgan fingerprint density at radius 1 is 1.26 bits per heavy atom. The Labute approximate surface area is 128 Å². The highest BCUT2D eigenvalue weighted by atomic mass is 79.9. The first-order valence-electron chi connectivity index (χ1n) is 5.64. The van der Waals surface area contributed by atoms with Crippen molar-refractivity contribution in [1.82, 2.24) is 9.97 Å². The number of methoxy groups -OCH3 is 1. The molecular formula is C13H13Br2N3O. The Morgan fingerprint density at radius 3 is 2.74 bits per heavy atom. The number of hydrogen-bond acceptors (Lipinski definition) is 4. The van der Waals surface area contributed by atoms with Gasteiger partial charge in [-0.05, 0) is 33.6 Å². The summed E-state index contributed by atoms with van der Waals surface area (Å²) in [7, 11) is 1.62. The van der Waals surface area contributed by atoms with Crippen LogP contribution >= 0.6 is 31.9 Å². The number of nitrogens with two attached hydrogens (primary N) is 1. The number of anilines is 1. The SMILES string of the molecule is COCc1nc(Cc2cccc(Br)c2)nc(N)c1Br. The smallest absolute Gasteiger partial charge is 0.141 e. The summed E-state index contributed by atoms with van der Waals surface area (Å²) >= 11 is 6.82. The average Bonchev–Trinajstić information content (AvgIpc) is 2.35. The van der Waals surface area contributed by atoms with Gasteiger partial charge < -0.3 is 10.5 Å². The Hall–Kier alpha value is -0.980. The fourth-order valence-electron chi connectivity index (χ4n) is 1.71. The molecule has 2 N–H and O–H groups in total. The minimum absolute atomic E-state index is 0.402. The minimum atomic E-state index is 0.402. The Morgan fingerprint density at radius 2 is 2.05 bits per heavy atom. The topological polar surface area (TPSA) is 61.0 Å². The van der Waals surface area contributed by atoms with Gasteiger partial charge in [-0.3, -0.25) is 0 Å². The third-order valence-electron chi connectivity index (χ3n) is 2.52. The van der Waals surface area contributed by atoms with Gasteiger partial charge in [0.25, 0.3) is 0 Å². The normalized spacial score (nSPS) is 10.7. The van der Waals surface area contributed by atoms with Gasteiger partial charge in [-0.1, -0.05) is 28.1 Å². The van der Waals surface area contributed by atoms with Crippen molar-refractivity contribution in [2.75, 3.05) is 12.8 Å². The molecule has 0 aliphatic carbocycles. The summed E-state index contributed by atoms with van der Waals surface area (Å²) in [6, 6.07) is 8.04. The lowest BCUT2D eigenvalue weighted by atomic mass is 10.1. The van der Waals surface area contributed by atoms with Gasteiger partial charge in [0.1, 0.15) is 11.6 Å². The summed E-state index contributed by atoms with van der Waals surface area (Å²) in [4.78, 5) is 8.76. The predicted octanol–water partition coefficient (Wildman–Crippen LogP) is 3.32. The largest absolute Gasteiger partial charge is 0.383 e. The molecule has 0 bridgehead atoms. The number of benzene rings is 1. The predicted molar refractivity (Wildman–Crippen MR) is 81.8 cm³/mol. The molecule has 0 spiro atoms. The summed E-state index contributed by atoms with van der Waals surface area (Å²) < 4.78 is 6.84. The van der Waals surface area contributed by atoms with E-state index in [9.17, 15) is 0 Å². The van der Waals surface area contributed by atoms with Crippen LogP contribution in [0.3, 0.4) is 0 Å². The summed E-state index contributed by atoms with van der Waals surface area (Å²) in [5.74, 6) is 1.12. The van der Waals surface area contributed by atoms with Crippen LogP contribution in [0.1, 0.15) is 17.1 Å². The molecule has 0 fully saturated rings. The van der Waals surface area contributed by atoms with Gasteiger partial charge in [0, 0.05) is 18.0 Å². The highest BCUT2D eigenvalue weighted by Crippen LogP contribution is 2.23. The van der Waals surface area contributed by atoms with Crippen molar-refractivity contribution in [3.8, 4) is 0 Å². The maximum Gasteiger partial charge on any atom is 0.141 e. The number of aromatic nitrogens is 2. The van der Waals surface area contributed by atoms with Crippen LogP contribution in [0.5, 0.6) is 0 Å². The third kappa shape index (κ3) is 3.75. The second kappa shape index (κ2) is 6.45. The molecule has 1 aromatic carbocycles. The van der Waals surface area contributed by atoms with Crippen LogP contribution in [0, 0.1) is 0 Å². The molecule has 4 nitrogen and oxygen atoms in total. The van der Waals surface area contributed by atoms with E-state index in [1.807, 2.05) is 24.3 Å². The first-order chi connectivity index (χ1) is 9.10. The van der Waals surface area contributed by atoms with E-state index < -0.39 is 0 Å². The highest BCUT2D eigenvalue weighted by molar-refractivity contribution is 9.10. The van der Waals surface area contributed by atoms with E-state index in [-0.39, 0.29) is 0 Å². The molecule has 0 atom stereocenters. The van der Waals surface area contributed by atoms with E-state index in [0.717, 1.165) is 15.7 Å². The molecule has 1 aromatic heterocycles. The Bertz CT molecular complexity index is 590. The fourth-order valence-corrected chi connectivity index (χ4v) is 2.45. The van der Waals surface area contributed by atoms with Crippen LogP contribution in [-0.4, -0.2) is 17.1 Å². The molecule has 0 aliphatic rings. The molecule has 2 rings (SSSR count). The number of hydrogen-bond donors (Lipinski definition) is 1. The van der Waals surface area contributed by atoms with E-state index >= 15 is 0 Å². The van der Waals surface area contributed by atoms with Crippen molar-refractivity contribution in [3.63, 3.8) is 0 Å². The van der Waals surface area contributed by atoms with Crippen LogP contribution in [0.2, 0.25) is 0 Å². The van der Waals surface area contributed by atoms with Crippen molar-refractivity contribution >= 4 is 37.7 Å². The zero-order valence-corrected chi connectivity index (χ0v) is 13.5. The molecular weight excluding hydrogens is 374 g/mol. The Kier molecular flexibility index (Phi) is 4.90. The second-order valence-corrected chi connectivity index (χ2v) is 5.73. The van der Waals surface area contributed by atoms with E-state index in [1.165, 1.54) is 0 Å². The summed E-state index contributed by atoms with van der Waals surface area (Å²) in [5.41, 5.74) is 7.76. The van der Waals surface area contributed by atoms with Gasteiger partial charge in [0.15, 0.2) is 0 Å². The van der Waals surface area contributed by atoms with Crippen molar-refractivity contribution in [1.29, 1.82) is 0 Å². The third-order valence-corrected chi connectivity index (χ3v) is 3.88. The average molecular weight is 387 g/mol. The van der Waals surface area contributed by atoms with Gasteiger partial charge in [0.2, 0.25) is 0 Å². The molecule has 0 aliphatic heterocycles. The molecule has 0 unspecified atom stereocenters. The minimum Gasteiger partial charge on any atom is -0.383 e. The molecule has 0 radical (unpaired) electrons. The summed E-state index contributed by atoms with van der Waals surface area (Å²) in [6.45, 7) is 0.402. The fraction of sp³-hybridized carbons (Fsp3) is 0.231. The second-order valence-electron chi connectivity index (χ2n) is 4.03. The standard InChI is InChI=1S/C13H13Br2N3O/c1-19-7-10-12(15)13(16)18-11(17-10)6-8-3-2-4-9(14)5-8/h2-5H,6-7H2,1H3,(H2,16,17,18). The maximum absolute atomic E-state index is 5.87. The molecule has 100 valence electrons. The van der Waals surface area contributed by atoms with Crippen molar-refractivity contribution in [2.24, 2.45) is 0 Å².